The van der Waals surface area contributed by atoms with Crippen molar-refractivity contribution in [2.24, 2.45) is 0 Å². The number of hydrogen-bond acceptors (Lipinski definition) is 1. The van der Waals surface area contributed by atoms with E-state index in [4.69, 9.17) is 0 Å². The molecular weight excluding hydrogens is 198 g/mol. The van der Waals surface area contributed by atoms with E-state index in [0.29, 0.717) is 0 Å². The Hall–Kier alpha value is -1.57. The summed E-state index contributed by atoms with van der Waals surface area (Å²) >= 11 is 0. The molecule has 0 saturated heterocycles. The molecule has 0 aliphatic rings. The van der Waals surface area contributed by atoms with Gasteiger partial charge in [0, 0.05) is 19.2 Å². The molecule has 0 atom stereocenters. The third-order valence-electron chi connectivity index (χ3n) is 2.37. The van der Waals surface area contributed by atoms with Gasteiger partial charge in [-0.25, -0.2) is 0 Å². The molecule has 0 radical (unpaired) electrons. The standard InChI is InChI=1S/C14H19NO/c1-3-4-5-9-12-15(13(2)16)14-10-7-6-8-11-14/h4-8,10-11H,3,9,12H2,1-2H3/b5-4+. The fraction of sp³-hybridized carbons (Fsp3) is 0.357. The maximum absolute atomic E-state index is 11.5. The van der Waals surface area contributed by atoms with Crippen LogP contribution < -0.4 is 4.90 Å². The molecule has 0 fully saturated rings. The second-order valence-electron chi connectivity index (χ2n) is 3.67. The van der Waals surface area contributed by atoms with Gasteiger partial charge in [0.1, 0.15) is 0 Å². The van der Waals surface area contributed by atoms with E-state index in [1.165, 1.54) is 0 Å². The Labute approximate surface area is 97.6 Å². The normalized spacial score (nSPS) is 10.6. The highest BCUT2D eigenvalue weighted by molar-refractivity contribution is 5.91. The first-order valence-corrected chi connectivity index (χ1v) is 5.74. The lowest BCUT2D eigenvalue weighted by Gasteiger charge is -2.20. The van der Waals surface area contributed by atoms with E-state index < -0.39 is 0 Å². The Morgan fingerprint density at radius 1 is 1.25 bits per heavy atom. The number of nitrogens with zero attached hydrogens (tertiary/aromatic N) is 1. The average molecular weight is 217 g/mol. The lowest BCUT2D eigenvalue weighted by Crippen LogP contribution is -2.29. The van der Waals surface area contributed by atoms with E-state index >= 15 is 0 Å². The second kappa shape index (κ2) is 6.83. The SMILES string of the molecule is CC/C=C/CCN(C(C)=O)c1ccccc1. The highest BCUT2D eigenvalue weighted by atomic mass is 16.2. The third kappa shape index (κ3) is 3.89. The van der Waals surface area contributed by atoms with Crippen molar-refractivity contribution < 1.29 is 4.79 Å². The molecule has 0 heterocycles. The molecule has 0 bridgehead atoms. The number of allylic oxidation sites excluding steroid dienone is 1. The fourth-order valence-electron chi connectivity index (χ4n) is 1.56. The van der Waals surface area contributed by atoms with Crippen LogP contribution in [0.15, 0.2) is 42.5 Å². The molecule has 0 aliphatic carbocycles. The van der Waals surface area contributed by atoms with E-state index in [2.05, 4.69) is 19.1 Å². The maximum atomic E-state index is 11.5. The summed E-state index contributed by atoms with van der Waals surface area (Å²) in [5, 5.41) is 0. The molecule has 16 heavy (non-hydrogen) atoms. The monoisotopic (exact) mass is 217 g/mol. The summed E-state index contributed by atoms with van der Waals surface area (Å²) in [4.78, 5) is 13.3. The van der Waals surface area contributed by atoms with Crippen molar-refractivity contribution in [2.45, 2.75) is 26.7 Å². The minimum atomic E-state index is 0.0936. The molecule has 0 saturated carbocycles. The molecule has 0 spiro atoms. The Kier molecular flexibility index (Phi) is 5.34. The first-order valence-electron chi connectivity index (χ1n) is 5.74. The van der Waals surface area contributed by atoms with Gasteiger partial charge in [-0.05, 0) is 25.0 Å². The van der Waals surface area contributed by atoms with E-state index in [9.17, 15) is 4.79 Å². The summed E-state index contributed by atoms with van der Waals surface area (Å²) in [6.45, 7) is 4.46. The zero-order chi connectivity index (χ0) is 11.8. The zero-order valence-electron chi connectivity index (χ0n) is 10.0. The van der Waals surface area contributed by atoms with Crippen molar-refractivity contribution in [2.75, 3.05) is 11.4 Å². The van der Waals surface area contributed by atoms with Crippen LogP contribution in [-0.2, 0) is 4.79 Å². The topological polar surface area (TPSA) is 20.3 Å². The predicted molar refractivity (Wildman–Crippen MR) is 68.5 cm³/mol. The number of benzene rings is 1. The molecule has 86 valence electrons. The molecule has 2 heteroatoms. The van der Waals surface area contributed by atoms with Crippen molar-refractivity contribution in [1.82, 2.24) is 0 Å². The maximum Gasteiger partial charge on any atom is 0.223 e. The van der Waals surface area contributed by atoms with Crippen LogP contribution in [-0.4, -0.2) is 12.5 Å². The molecule has 1 rings (SSSR count). The molecule has 1 aromatic carbocycles. The van der Waals surface area contributed by atoms with Gasteiger partial charge < -0.3 is 4.90 Å². The smallest absolute Gasteiger partial charge is 0.223 e. The minimum absolute atomic E-state index is 0.0936. The van der Waals surface area contributed by atoms with Gasteiger partial charge in [-0.3, -0.25) is 4.79 Å². The summed E-state index contributed by atoms with van der Waals surface area (Å²) in [6, 6.07) is 9.79. The molecule has 1 amide bonds. The van der Waals surface area contributed by atoms with Crippen LogP contribution in [0.25, 0.3) is 0 Å². The van der Waals surface area contributed by atoms with Crippen LogP contribution in [0.5, 0.6) is 0 Å². The number of para-hydroxylation sites is 1. The highest BCUT2D eigenvalue weighted by Crippen LogP contribution is 2.13. The van der Waals surface area contributed by atoms with Crippen LogP contribution in [0.3, 0.4) is 0 Å². The van der Waals surface area contributed by atoms with Gasteiger partial charge in [0.2, 0.25) is 5.91 Å². The number of carbonyl (C=O) groups excluding carboxylic acids is 1. The van der Waals surface area contributed by atoms with Gasteiger partial charge >= 0.3 is 0 Å². The van der Waals surface area contributed by atoms with Crippen LogP contribution in [0.2, 0.25) is 0 Å². The molecule has 0 unspecified atom stereocenters. The second-order valence-corrected chi connectivity index (χ2v) is 3.67. The number of hydrogen-bond donors (Lipinski definition) is 0. The molecule has 0 aliphatic heterocycles. The van der Waals surface area contributed by atoms with Crippen LogP contribution in [0.1, 0.15) is 26.7 Å². The highest BCUT2D eigenvalue weighted by Gasteiger charge is 2.08. The van der Waals surface area contributed by atoms with Gasteiger partial charge in [0.25, 0.3) is 0 Å². The van der Waals surface area contributed by atoms with E-state index in [-0.39, 0.29) is 5.91 Å². The fourth-order valence-corrected chi connectivity index (χ4v) is 1.56. The number of rotatable bonds is 5. The Morgan fingerprint density at radius 2 is 1.94 bits per heavy atom. The van der Waals surface area contributed by atoms with Crippen molar-refractivity contribution in [1.29, 1.82) is 0 Å². The van der Waals surface area contributed by atoms with Gasteiger partial charge in [0.05, 0.1) is 0 Å². The average Bonchev–Trinajstić information content (AvgIpc) is 2.30. The van der Waals surface area contributed by atoms with Crippen molar-refractivity contribution in [3.63, 3.8) is 0 Å². The van der Waals surface area contributed by atoms with Crippen molar-refractivity contribution in [3.8, 4) is 0 Å². The zero-order valence-corrected chi connectivity index (χ0v) is 10.0. The number of anilines is 1. The van der Waals surface area contributed by atoms with Crippen molar-refractivity contribution in [3.05, 3.63) is 42.5 Å². The third-order valence-corrected chi connectivity index (χ3v) is 2.37. The van der Waals surface area contributed by atoms with Gasteiger partial charge in [-0.15, -0.1) is 0 Å². The van der Waals surface area contributed by atoms with Crippen LogP contribution in [0, 0.1) is 0 Å². The van der Waals surface area contributed by atoms with Crippen LogP contribution in [0.4, 0.5) is 5.69 Å². The van der Waals surface area contributed by atoms with E-state index in [1.807, 2.05) is 30.3 Å². The molecule has 2 nitrogen and oxygen atoms in total. The van der Waals surface area contributed by atoms with Gasteiger partial charge in [-0.1, -0.05) is 37.3 Å². The number of carbonyl (C=O) groups is 1. The Balaban J connectivity index is 2.62. The first kappa shape index (κ1) is 12.5. The van der Waals surface area contributed by atoms with Crippen LogP contribution >= 0.6 is 0 Å². The molecule has 0 N–H and O–H groups in total. The molecule has 1 aromatic rings. The summed E-state index contributed by atoms with van der Waals surface area (Å²) in [5.74, 6) is 0.0936. The lowest BCUT2D eigenvalue weighted by atomic mass is 10.2. The molecular formula is C14H19NO. The van der Waals surface area contributed by atoms with Gasteiger partial charge in [-0.2, -0.15) is 0 Å². The Morgan fingerprint density at radius 3 is 2.50 bits per heavy atom. The predicted octanol–water partition coefficient (Wildman–Crippen LogP) is 3.40. The summed E-state index contributed by atoms with van der Waals surface area (Å²) in [6.07, 6.45) is 6.20. The lowest BCUT2D eigenvalue weighted by molar-refractivity contribution is -0.116. The minimum Gasteiger partial charge on any atom is -0.312 e. The summed E-state index contributed by atoms with van der Waals surface area (Å²) in [5.41, 5.74) is 0.972. The van der Waals surface area contributed by atoms with E-state index in [1.54, 1.807) is 11.8 Å². The summed E-state index contributed by atoms with van der Waals surface area (Å²) in [7, 11) is 0. The quantitative estimate of drug-likeness (QED) is 0.692. The molecule has 0 aromatic heterocycles. The largest absolute Gasteiger partial charge is 0.312 e. The Bertz CT molecular complexity index is 343. The number of amides is 1. The first-order chi connectivity index (χ1) is 7.75. The van der Waals surface area contributed by atoms with Gasteiger partial charge in [0.15, 0.2) is 0 Å². The van der Waals surface area contributed by atoms with E-state index in [0.717, 1.165) is 25.1 Å². The van der Waals surface area contributed by atoms with Crippen molar-refractivity contribution >= 4 is 11.6 Å². The summed E-state index contributed by atoms with van der Waals surface area (Å²) < 4.78 is 0.